The Hall–Kier alpha value is -3.07. The summed E-state index contributed by atoms with van der Waals surface area (Å²) in [5.41, 5.74) is 1.03. The van der Waals surface area contributed by atoms with Gasteiger partial charge in [0.05, 0.1) is 17.7 Å². The molecule has 6 rings (SSSR count). The molecule has 0 radical (unpaired) electrons. The number of carbonyl (C=O) groups excluding carboxylic acids is 1. The molecule has 0 unspecified atom stereocenters. The maximum atomic E-state index is 13.8. The molecule has 1 aromatic carbocycles. The van der Waals surface area contributed by atoms with Crippen molar-refractivity contribution in [3.63, 3.8) is 0 Å². The van der Waals surface area contributed by atoms with Gasteiger partial charge >= 0.3 is 0 Å². The first kappa shape index (κ1) is 18.7. The number of fused-ring (bicyclic) bond motifs is 2. The molecular formula is C22H22F2N6O. The highest BCUT2D eigenvalue weighted by atomic mass is 19.1. The van der Waals surface area contributed by atoms with E-state index >= 15 is 0 Å². The standard InChI is InChI=1S/C22H22F2N6O/c23-16-11-15(12-17(24)13-16)18-2-7-28-14-22(21(31)30(18)28)3-8-27(9-4-22)20-19-1-5-26-29(19)10-6-25-20/h1,5-6,10-13,18H,2-4,7-9,14H2/t18-/m0/s1. The molecule has 1 amide bonds. The van der Waals surface area contributed by atoms with Crippen molar-refractivity contribution < 1.29 is 13.6 Å². The lowest BCUT2D eigenvalue weighted by atomic mass is 9.77. The van der Waals surface area contributed by atoms with Gasteiger partial charge in [0.2, 0.25) is 5.91 Å². The van der Waals surface area contributed by atoms with Crippen molar-refractivity contribution in [2.24, 2.45) is 5.41 Å². The van der Waals surface area contributed by atoms with Crippen molar-refractivity contribution in [2.45, 2.75) is 25.3 Å². The maximum absolute atomic E-state index is 13.8. The van der Waals surface area contributed by atoms with Gasteiger partial charge in [-0.2, -0.15) is 5.10 Å². The van der Waals surface area contributed by atoms with Crippen LogP contribution < -0.4 is 4.90 Å². The van der Waals surface area contributed by atoms with Gasteiger partial charge < -0.3 is 4.90 Å². The lowest BCUT2D eigenvalue weighted by Crippen LogP contribution is -2.46. The fourth-order valence-electron chi connectivity index (χ4n) is 5.46. The van der Waals surface area contributed by atoms with Crippen molar-refractivity contribution in [3.8, 4) is 0 Å². The summed E-state index contributed by atoms with van der Waals surface area (Å²) in [6, 6.07) is 5.19. The normalized spacial score (nSPS) is 23.3. The van der Waals surface area contributed by atoms with Gasteiger partial charge in [0.15, 0.2) is 5.82 Å². The smallest absolute Gasteiger partial charge is 0.245 e. The lowest BCUT2D eigenvalue weighted by molar-refractivity contribution is -0.143. The molecule has 0 N–H and O–H groups in total. The van der Waals surface area contributed by atoms with Gasteiger partial charge in [-0.25, -0.2) is 23.3 Å². The van der Waals surface area contributed by atoms with E-state index in [1.807, 2.05) is 12.3 Å². The number of hydrazine groups is 1. The van der Waals surface area contributed by atoms with Crippen LogP contribution in [0.15, 0.2) is 42.9 Å². The molecule has 0 bridgehead atoms. The number of anilines is 1. The van der Waals surface area contributed by atoms with Crippen molar-refractivity contribution >= 4 is 17.2 Å². The second-order valence-electron chi connectivity index (χ2n) is 8.72. The Bertz CT molecular complexity index is 1150. The van der Waals surface area contributed by atoms with Crippen LogP contribution in [0.25, 0.3) is 5.52 Å². The van der Waals surface area contributed by atoms with Crippen molar-refractivity contribution in [1.29, 1.82) is 0 Å². The SMILES string of the molecule is O=C1N2[C@H](c3cc(F)cc(F)c3)CCN2CC12CCN(c1nccn3nccc13)CC2. The third-order valence-electron chi connectivity index (χ3n) is 7.00. The number of carbonyl (C=O) groups is 1. The van der Waals surface area contributed by atoms with Crippen LogP contribution in [0, 0.1) is 17.0 Å². The van der Waals surface area contributed by atoms with Crippen LogP contribution in [0.2, 0.25) is 0 Å². The van der Waals surface area contributed by atoms with Gasteiger partial charge in [-0.15, -0.1) is 0 Å². The van der Waals surface area contributed by atoms with E-state index < -0.39 is 17.0 Å². The van der Waals surface area contributed by atoms with Crippen LogP contribution in [0.4, 0.5) is 14.6 Å². The molecule has 5 heterocycles. The van der Waals surface area contributed by atoms with E-state index in [0.717, 1.165) is 49.9 Å². The van der Waals surface area contributed by atoms with Gasteiger partial charge in [0.25, 0.3) is 0 Å². The van der Waals surface area contributed by atoms with E-state index in [1.54, 1.807) is 21.9 Å². The number of aromatic nitrogens is 3. The lowest BCUT2D eigenvalue weighted by Gasteiger charge is -2.38. The number of hydrogen-bond donors (Lipinski definition) is 0. The molecule has 31 heavy (non-hydrogen) atoms. The van der Waals surface area contributed by atoms with E-state index in [1.165, 1.54) is 12.1 Å². The van der Waals surface area contributed by atoms with Crippen LogP contribution in [0.5, 0.6) is 0 Å². The molecule has 3 saturated heterocycles. The first-order valence-electron chi connectivity index (χ1n) is 10.6. The molecule has 0 saturated carbocycles. The second kappa shape index (κ2) is 6.71. The monoisotopic (exact) mass is 424 g/mol. The highest BCUT2D eigenvalue weighted by molar-refractivity contribution is 5.86. The van der Waals surface area contributed by atoms with E-state index in [2.05, 4.69) is 20.0 Å². The second-order valence-corrected chi connectivity index (χ2v) is 8.72. The number of amides is 1. The van der Waals surface area contributed by atoms with E-state index in [9.17, 15) is 13.6 Å². The van der Waals surface area contributed by atoms with Crippen molar-refractivity contribution in [3.05, 3.63) is 60.1 Å². The molecule has 0 aliphatic carbocycles. The van der Waals surface area contributed by atoms with Crippen molar-refractivity contribution in [1.82, 2.24) is 24.6 Å². The predicted molar refractivity (Wildman–Crippen MR) is 109 cm³/mol. The number of halogens is 2. The maximum Gasteiger partial charge on any atom is 0.245 e. The van der Waals surface area contributed by atoms with E-state index in [0.29, 0.717) is 18.5 Å². The highest BCUT2D eigenvalue weighted by Gasteiger charge is 2.56. The summed E-state index contributed by atoms with van der Waals surface area (Å²) < 4.78 is 29.4. The molecular weight excluding hydrogens is 402 g/mol. The summed E-state index contributed by atoms with van der Waals surface area (Å²) in [5, 5.41) is 8.11. The molecule has 160 valence electrons. The molecule has 3 aliphatic heterocycles. The van der Waals surface area contributed by atoms with Gasteiger partial charge in [-0.05, 0) is 43.0 Å². The zero-order chi connectivity index (χ0) is 21.2. The summed E-state index contributed by atoms with van der Waals surface area (Å²) in [5.74, 6) is -0.251. The zero-order valence-corrected chi connectivity index (χ0v) is 16.9. The third kappa shape index (κ3) is 2.83. The molecule has 9 heteroatoms. The zero-order valence-electron chi connectivity index (χ0n) is 16.9. The van der Waals surface area contributed by atoms with Gasteiger partial charge in [0, 0.05) is 44.6 Å². The Kier molecular flexibility index (Phi) is 4.05. The fraction of sp³-hybridized carbons (Fsp3) is 0.409. The van der Waals surface area contributed by atoms with E-state index in [4.69, 9.17) is 0 Å². The Labute approximate surface area is 177 Å². The average molecular weight is 424 g/mol. The van der Waals surface area contributed by atoms with Crippen molar-refractivity contribution in [2.75, 3.05) is 31.1 Å². The average Bonchev–Trinajstić information content (AvgIpc) is 3.45. The van der Waals surface area contributed by atoms with Crippen LogP contribution >= 0.6 is 0 Å². The molecule has 1 spiro atoms. The van der Waals surface area contributed by atoms with Gasteiger partial charge in [0.1, 0.15) is 17.2 Å². The van der Waals surface area contributed by atoms with Crippen LogP contribution in [0.3, 0.4) is 0 Å². The minimum absolute atomic E-state index is 0.0786. The number of rotatable bonds is 2. The first-order chi connectivity index (χ1) is 15.0. The molecule has 1 atom stereocenters. The number of piperidine rings is 1. The minimum atomic E-state index is -0.607. The molecule has 3 aromatic rings. The fourth-order valence-corrected chi connectivity index (χ4v) is 5.46. The topological polar surface area (TPSA) is 57.0 Å². The summed E-state index contributed by atoms with van der Waals surface area (Å²) in [7, 11) is 0. The number of nitrogens with zero attached hydrogens (tertiary/aromatic N) is 6. The highest BCUT2D eigenvalue weighted by Crippen LogP contribution is 2.47. The predicted octanol–water partition coefficient (Wildman–Crippen LogP) is 2.80. The van der Waals surface area contributed by atoms with Crippen LogP contribution in [0.1, 0.15) is 30.9 Å². The number of benzene rings is 1. The summed E-state index contributed by atoms with van der Waals surface area (Å²) in [6.45, 7) is 2.84. The Balaban J connectivity index is 1.24. The summed E-state index contributed by atoms with van der Waals surface area (Å²) in [4.78, 5) is 20.3. The Morgan fingerprint density at radius 1 is 1.03 bits per heavy atom. The van der Waals surface area contributed by atoms with E-state index in [-0.39, 0.29) is 11.9 Å². The van der Waals surface area contributed by atoms with Crippen LogP contribution in [-0.2, 0) is 4.79 Å². The molecule has 2 aromatic heterocycles. The van der Waals surface area contributed by atoms with Gasteiger partial charge in [-0.3, -0.25) is 9.80 Å². The number of hydrogen-bond acceptors (Lipinski definition) is 5. The Morgan fingerprint density at radius 2 is 1.81 bits per heavy atom. The largest absolute Gasteiger partial charge is 0.355 e. The minimum Gasteiger partial charge on any atom is -0.355 e. The molecule has 3 fully saturated rings. The Morgan fingerprint density at radius 3 is 2.58 bits per heavy atom. The summed E-state index contributed by atoms with van der Waals surface area (Å²) >= 11 is 0. The first-order valence-corrected chi connectivity index (χ1v) is 10.6. The third-order valence-corrected chi connectivity index (χ3v) is 7.00. The molecule has 7 nitrogen and oxygen atoms in total. The summed E-state index contributed by atoms with van der Waals surface area (Å²) in [6.07, 6.45) is 7.44. The van der Waals surface area contributed by atoms with Crippen LogP contribution in [-0.4, -0.2) is 56.7 Å². The molecule has 3 aliphatic rings. The van der Waals surface area contributed by atoms with Gasteiger partial charge in [-0.1, -0.05) is 0 Å². The quantitative estimate of drug-likeness (QED) is 0.633.